The van der Waals surface area contributed by atoms with Crippen molar-refractivity contribution in [3.63, 3.8) is 0 Å². The zero-order valence-electron chi connectivity index (χ0n) is 14.9. The minimum absolute atomic E-state index is 0.227. The molecule has 2 rings (SSSR count). The van der Waals surface area contributed by atoms with Crippen LogP contribution in [0.4, 0.5) is 11.4 Å². The van der Waals surface area contributed by atoms with Gasteiger partial charge in [-0.05, 0) is 75.0 Å². The second-order valence-electron chi connectivity index (χ2n) is 5.70. The molecule has 2 N–H and O–H groups in total. The largest absolute Gasteiger partial charge is 0.372 e. The number of hydrogen-bond acceptors (Lipinski definition) is 3. The number of aryl methyl sites for hydroxylation is 1. The van der Waals surface area contributed by atoms with E-state index in [0.717, 1.165) is 34.5 Å². The Kier molecular flexibility index (Phi) is 7.43. The summed E-state index contributed by atoms with van der Waals surface area (Å²) in [5.41, 5.74) is 3.42. The molecule has 138 valence electrons. The Hall–Kier alpha value is -1.63. The Morgan fingerprint density at radius 3 is 2.50 bits per heavy atom. The summed E-state index contributed by atoms with van der Waals surface area (Å²) in [6.45, 7) is 8.16. The number of nitrogens with one attached hydrogen (secondary N) is 2. The van der Waals surface area contributed by atoms with E-state index in [0.29, 0.717) is 10.6 Å². The number of nitrogens with zero attached hydrogens (tertiary/aromatic N) is 1. The molecule has 0 aliphatic heterocycles. The molecule has 0 heterocycles. The Balaban J connectivity index is 2.08. The molecule has 0 aliphatic carbocycles. The number of amides is 1. The van der Waals surface area contributed by atoms with E-state index >= 15 is 0 Å². The predicted molar refractivity (Wildman–Crippen MR) is 118 cm³/mol. The van der Waals surface area contributed by atoms with Crippen molar-refractivity contribution in [3.05, 3.63) is 57.0 Å². The lowest BCUT2D eigenvalue weighted by atomic mass is 10.1. The highest BCUT2D eigenvalue weighted by atomic mass is 79.9. The molecule has 0 bridgehead atoms. The molecule has 0 fully saturated rings. The Morgan fingerprint density at radius 1 is 1.19 bits per heavy atom. The van der Waals surface area contributed by atoms with Crippen molar-refractivity contribution in [2.75, 3.05) is 23.3 Å². The van der Waals surface area contributed by atoms with Gasteiger partial charge in [-0.2, -0.15) is 0 Å². The van der Waals surface area contributed by atoms with Gasteiger partial charge in [0, 0.05) is 28.9 Å². The summed E-state index contributed by atoms with van der Waals surface area (Å²) in [7, 11) is 0. The van der Waals surface area contributed by atoms with E-state index in [4.69, 9.17) is 23.8 Å². The molecule has 0 unspecified atom stereocenters. The zero-order chi connectivity index (χ0) is 19.3. The fraction of sp³-hybridized carbons (Fsp3) is 0.263. The van der Waals surface area contributed by atoms with Gasteiger partial charge in [0.15, 0.2) is 5.11 Å². The second kappa shape index (κ2) is 9.35. The van der Waals surface area contributed by atoms with Crippen LogP contribution < -0.4 is 15.5 Å². The van der Waals surface area contributed by atoms with Crippen molar-refractivity contribution >= 4 is 62.1 Å². The van der Waals surface area contributed by atoms with Crippen LogP contribution in [0, 0.1) is 6.92 Å². The molecule has 0 atom stereocenters. The van der Waals surface area contributed by atoms with Crippen molar-refractivity contribution in [3.8, 4) is 0 Å². The van der Waals surface area contributed by atoms with Crippen LogP contribution in [-0.4, -0.2) is 24.1 Å². The summed E-state index contributed by atoms with van der Waals surface area (Å²) in [6, 6.07) is 11.2. The van der Waals surface area contributed by atoms with Crippen molar-refractivity contribution in [1.82, 2.24) is 5.32 Å². The van der Waals surface area contributed by atoms with Crippen molar-refractivity contribution in [1.29, 1.82) is 0 Å². The zero-order valence-corrected chi connectivity index (χ0v) is 18.1. The molecule has 0 radical (unpaired) electrons. The minimum atomic E-state index is -0.355. The van der Waals surface area contributed by atoms with E-state index in [2.05, 4.69) is 51.4 Å². The first-order chi connectivity index (χ1) is 12.3. The highest BCUT2D eigenvalue weighted by molar-refractivity contribution is 9.10. The minimum Gasteiger partial charge on any atom is -0.372 e. The van der Waals surface area contributed by atoms with Gasteiger partial charge in [0.2, 0.25) is 0 Å². The van der Waals surface area contributed by atoms with Gasteiger partial charge in [-0.25, -0.2) is 0 Å². The number of thiocarbonyl (C=S) groups is 1. The van der Waals surface area contributed by atoms with Gasteiger partial charge < -0.3 is 10.2 Å². The SMILES string of the molecule is CCN(CC)c1ccc(NC(=S)NC(=O)c2cc(Br)ccc2Cl)c(C)c1. The number of anilines is 2. The topological polar surface area (TPSA) is 44.4 Å². The molecule has 2 aromatic carbocycles. The standard InChI is InChI=1S/C19H21BrClN3OS/c1-4-24(5-2)14-7-9-17(12(3)10-14)22-19(26)23-18(25)15-11-13(20)6-8-16(15)21/h6-11H,4-5H2,1-3H3,(H2,22,23,25,26). The molecule has 0 spiro atoms. The van der Waals surface area contributed by atoms with Crippen LogP contribution in [0.2, 0.25) is 5.02 Å². The van der Waals surface area contributed by atoms with Gasteiger partial charge in [-0.1, -0.05) is 27.5 Å². The van der Waals surface area contributed by atoms with Gasteiger partial charge in [0.25, 0.3) is 5.91 Å². The molecule has 0 aromatic heterocycles. The van der Waals surface area contributed by atoms with Crippen LogP contribution in [0.15, 0.2) is 40.9 Å². The Labute approximate surface area is 173 Å². The molecule has 0 aliphatic rings. The lowest BCUT2D eigenvalue weighted by Crippen LogP contribution is -2.34. The fourth-order valence-electron chi connectivity index (χ4n) is 2.57. The maximum Gasteiger partial charge on any atom is 0.258 e. The molecule has 4 nitrogen and oxygen atoms in total. The van der Waals surface area contributed by atoms with Crippen molar-refractivity contribution in [2.45, 2.75) is 20.8 Å². The third kappa shape index (κ3) is 5.19. The Bertz CT molecular complexity index is 824. The number of rotatable bonds is 5. The number of benzene rings is 2. The fourth-order valence-corrected chi connectivity index (χ4v) is 3.34. The molecular formula is C19H21BrClN3OS. The predicted octanol–water partition coefficient (Wildman–Crippen LogP) is 5.38. The molecule has 7 heteroatoms. The smallest absolute Gasteiger partial charge is 0.258 e. The lowest BCUT2D eigenvalue weighted by Gasteiger charge is -2.22. The van der Waals surface area contributed by atoms with Gasteiger partial charge in [0.05, 0.1) is 10.6 Å². The van der Waals surface area contributed by atoms with Crippen LogP contribution in [0.5, 0.6) is 0 Å². The first kappa shape index (κ1) is 20.7. The summed E-state index contributed by atoms with van der Waals surface area (Å²) >= 11 is 14.7. The Morgan fingerprint density at radius 2 is 1.88 bits per heavy atom. The normalized spacial score (nSPS) is 10.3. The van der Waals surface area contributed by atoms with Gasteiger partial charge in [-0.3, -0.25) is 10.1 Å². The number of carbonyl (C=O) groups excluding carboxylic acids is 1. The number of carbonyl (C=O) groups is 1. The third-order valence-corrected chi connectivity index (χ3v) is 5.01. The highest BCUT2D eigenvalue weighted by Gasteiger charge is 2.13. The van der Waals surface area contributed by atoms with E-state index in [-0.39, 0.29) is 11.0 Å². The summed E-state index contributed by atoms with van der Waals surface area (Å²) in [6.07, 6.45) is 0. The second-order valence-corrected chi connectivity index (χ2v) is 7.44. The van der Waals surface area contributed by atoms with Gasteiger partial charge in [0.1, 0.15) is 0 Å². The van der Waals surface area contributed by atoms with E-state index in [1.54, 1.807) is 18.2 Å². The first-order valence-corrected chi connectivity index (χ1v) is 9.86. The van der Waals surface area contributed by atoms with Crippen molar-refractivity contribution < 1.29 is 4.79 Å². The highest BCUT2D eigenvalue weighted by Crippen LogP contribution is 2.23. The van der Waals surface area contributed by atoms with Gasteiger partial charge >= 0.3 is 0 Å². The molecule has 1 amide bonds. The van der Waals surface area contributed by atoms with Crippen LogP contribution in [-0.2, 0) is 0 Å². The average molecular weight is 455 g/mol. The quantitative estimate of drug-likeness (QED) is 0.595. The van der Waals surface area contributed by atoms with E-state index in [1.807, 2.05) is 19.1 Å². The van der Waals surface area contributed by atoms with Crippen LogP contribution >= 0.6 is 39.7 Å². The average Bonchev–Trinajstić information content (AvgIpc) is 2.60. The maximum atomic E-state index is 12.4. The van der Waals surface area contributed by atoms with E-state index < -0.39 is 0 Å². The summed E-state index contributed by atoms with van der Waals surface area (Å²) in [4.78, 5) is 14.6. The third-order valence-electron chi connectivity index (χ3n) is 3.99. The van der Waals surface area contributed by atoms with E-state index in [1.165, 1.54) is 0 Å². The first-order valence-electron chi connectivity index (χ1n) is 8.28. The molecule has 2 aromatic rings. The lowest BCUT2D eigenvalue weighted by molar-refractivity contribution is 0.0978. The molecular weight excluding hydrogens is 434 g/mol. The summed E-state index contributed by atoms with van der Waals surface area (Å²) in [5, 5.41) is 6.33. The van der Waals surface area contributed by atoms with Gasteiger partial charge in [-0.15, -0.1) is 0 Å². The van der Waals surface area contributed by atoms with Crippen LogP contribution in [0.25, 0.3) is 0 Å². The number of halogens is 2. The van der Waals surface area contributed by atoms with E-state index in [9.17, 15) is 4.79 Å². The number of hydrogen-bond donors (Lipinski definition) is 2. The van der Waals surface area contributed by atoms with Crippen molar-refractivity contribution in [2.24, 2.45) is 0 Å². The monoisotopic (exact) mass is 453 g/mol. The molecule has 0 saturated carbocycles. The molecule has 26 heavy (non-hydrogen) atoms. The van der Waals surface area contributed by atoms with Crippen LogP contribution in [0.1, 0.15) is 29.8 Å². The molecule has 0 saturated heterocycles. The summed E-state index contributed by atoms with van der Waals surface area (Å²) in [5.74, 6) is -0.355. The van der Waals surface area contributed by atoms with Crippen LogP contribution in [0.3, 0.4) is 0 Å². The maximum absolute atomic E-state index is 12.4. The summed E-state index contributed by atoms with van der Waals surface area (Å²) < 4.78 is 0.772.